The summed E-state index contributed by atoms with van der Waals surface area (Å²) >= 11 is 0. The summed E-state index contributed by atoms with van der Waals surface area (Å²) in [4.78, 5) is 2.36. The van der Waals surface area contributed by atoms with Gasteiger partial charge in [0.25, 0.3) is 0 Å². The van der Waals surface area contributed by atoms with Crippen LogP contribution < -0.4 is 4.74 Å². The molecule has 0 N–H and O–H groups in total. The molecule has 0 unspecified atom stereocenters. The van der Waals surface area contributed by atoms with Gasteiger partial charge < -0.3 is 4.74 Å². The summed E-state index contributed by atoms with van der Waals surface area (Å²) in [5, 5.41) is 0. The van der Waals surface area contributed by atoms with Gasteiger partial charge in [0, 0.05) is 19.6 Å². The fourth-order valence-corrected chi connectivity index (χ4v) is 2.99. The van der Waals surface area contributed by atoms with Crippen molar-refractivity contribution >= 4 is 0 Å². The van der Waals surface area contributed by atoms with E-state index in [1.54, 1.807) is 6.07 Å². The van der Waals surface area contributed by atoms with E-state index in [1.807, 2.05) is 0 Å². The van der Waals surface area contributed by atoms with Crippen molar-refractivity contribution in [3.8, 4) is 5.75 Å². The zero-order chi connectivity index (χ0) is 17.0. The number of hydrogen-bond acceptors (Lipinski definition) is 2. The van der Waals surface area contributed by atoms with Crippen molar-refractivity contribution in [3.05, 3.63) is 65.2 Å². The van der Waals surface area contributed by atoms with Gasteiger partial charge in [-0.2, -0.15) is 13.2 Å². The molecular formula is C19H20F3NO. The minimum Gasteiger partial charge on any atom is -0.494 e. The first-order valence-corrected chi connectivity index (χ1v) is 8.11. The molecule has 0 spiro atoms. The molecule has 0 aliphatic carbocycles. The zero-order valence-corrected chi connectivity index (χ0v) is 13.4. The van der Waals surface area contributed by atoms with Crippen molar-refractivity contribution in [2.75, 3.05) is 19.7 Å². The molecule has 0 aromatic heterocycles. The lowest BCUT2D eigenvalue weighted by Gasteiger charge is -2.28. The van der Waals surface area contributed by atoms with Gasteiger partial charge in [-0.3, -0.25) is 4.90 Å². The van der Waals surface area contributed by atoms with Gasteiger partial charge >= 0.3 is 6.18 Å². The minimum atomic E-state index is -4.33. The first-order valence-electron chi connectivity index (χ1n) is 8.11. The topological polar surface area (TPSA) is 12.5 Å². The molecule has 0 saturated carbocycles. The number of rotatable bonds is 5. The van der Waals surface area contributed by atoms with Crippen LogP contribution in [-0.4, -0.2) is 24.6 Å². The first-order chi connectivity index (χ1) is 11.5. The molecule has 5 heteroatoms. The fraction of sp³-hybridized carbons (Fsp3) is 0.368. The van der Waals surface area contributed by atoms with Crippen LogP contribution in [0.1, 0.15) is 23.1 Å². The summed E-state index contributed by atoms with van der Waals surface area (Å²) in [5.41, 5.74) is 2.10. The highest BCUT2D eigenvalue weighted by molar-refractivity contribution is 5.30. The van der Waals surface area contributed by atoms with Gasteiger partial charge in [0.15, 0.2) is 0 Å². The van der Waals surface area contributed by atoms with Crippen LogP contribution in [-0.2, 0) is 19.1 Å². The lowest BCUT2D eigenvalue weighted by atomic mass is 10.00. The highest BCUT2D eigenvalue weighted by Crippen LogP contribution is 2.31. The Morgan fingerprint density at radius 2 is 1.79 bits per heavy atom. The van der Waals surface area contributed by atoms with Crippen LogP contribution in [0.5, 0.6) is 5.75 Å². The molecule has 0 saturated heterocycles. The molecule has 1 aliphatic heterocycles. The second-order valence-electron chi connectivity index (χ2n) is 6.02. The van der Waals surface area contributed by atoms with Gasteiger partial charge in [0.05, 0.1) is 12.2 Å². The average molecular weight is 335 g/mol. The molecule has 0 fully saturated rings. The maximum Gasteiger partial charge on any atom is 0.416 e. The van der Waals surface area contributed by atoms with E-state index in [9.17, 15) is 13.2 Å². The highest BCUT2D eigenvalue weighted by Gasteiger charge is 2.30. The fourth-order valence-electron chi connectivity index (χ4n) is 2.99. The van der Waals surface area contributed by atoms with Crippen molar-refractivity contribution < 1.29 is 17.9 Å². The van der Waals surface area contributed by atoms with E-state index >= 15 is 0 Å². The molecule has 0 bridgehead atoms. The van der Waals surface area contributed by atoms with E-state index in [-0.39, 0.29) is 5.75 Å². The quantitative estimate of drug-likeness (QED) is 0.744. The van der Waals surface area contributed by atoms with Gasteiger partial charge in [-0.05, 0) is 42.2 Å². The summed E-state index contributed by atoms with van der Waals surface area (Å²) in [6.45, 7) is 3.24. The van der Waals surface area contributed by atoms with Crippen molar-refractivity contribution in [3.63, 3.8) is 0 Å². The molecule has 2 aromatic carbocycles. The Morgan fingerprint density at radius 1 is 1.00 bits per heavy atom. The molecule has 0 amide bonds. The summed E-state index contributed by atoms with van der Waals surface area (Å²) in [5.74, 6) is 0.272. The number of nitrogens with zero attached hydrogens (tertiary/aromatic N) is 1. The van der Waals surface area contributed by atoms with Crippen molar-refractivity contribution in [2.24, 2.45) is 0 Å². The van der Waals surface area contributed by atoms with Crippen LogP contribution in [0, 0.1) is 0 Å². The molecule has 2 nitrogen and oxygen atoms in total. The van der Waals surface area contributed by atoms with Crippen molar-refractivity contribution in [1.82, 2.24) is 4.90 Å². The molecule has 0 radical (unpaired) electrons. The Labute approximate surface area is 139 Å². The van der Waals surface area contributed by atoms with E-state index in [0.717, 1.165) is 44.6 Å². The molecule has 2 aromatic rings. The van der Waals surface area contributed by atoms with Crippen LogP contribution >= 0.6 is 0 Å². The van der Waals surface area contributed by atoms with Crippen molar-refractivity contribution in [2.45, 2.75) is 25.6 Å². The molecule has 3 rings (SSSR count). The zero-order valence-electron chi connectivity index (χ0n) is 13.4. The molecule has 0 atom stereocenters. The van der Waals surface area contributed by atoms with E-state index in [0.29, 0.717) is 6.61 Å². The monoisotopic (exact) mass is 335 g/mol. The smallest absolute Gasteiger partial charge is 0.416 e. The summed E-state index contributed by atoms with van der Waals surface area (Å²) in [7, 11) is 0. The van der Waals surface area contributed by atoms with Crippen LogP contribution in [0.4, 0.5) is 13.2 Å². The standard InChI is InChI=1S/C19H20F3NO/c20-19(21,22)17-7-3-8-18(13-17)24-12-4-10-23-11-9-15-5-1-2-6-16(15)14-23/h1-3,5-8,13H,4,9-12,14H2. The molecule has 1 aliphatic rings. The number of benzene rings is 2. The molecule has 24 heavy (non-hydrogen) atoms. The number of ether oxygens (including phenoxy) is 1. The maximum atomic E-state index is 12.7. The molecule has 128 valence electrons. The minimum absolute atomic E-state index is 0.272. The summed E-state index contributed by atoms with van der Waals surface area (Å²) in [6, 6.07) is 13.5. The highest BCUT2D eigenvalue weighted by atomic mass is 19.4. The number of alkyl halides is 3. The number of halogens is 3. The van der Waals surface area contributed by atoms with Crippen LogP contribution in [0.3, 0.4) is 0 Å². The Balaban J connectivity index is 1.45. The van der Waals surface area contributed by atoms with Gasteiger partial charge in [-0.1, -0.05) is 30.3 Å². The Hall–Kier alpha value is -2.01. The van der Waals surface area contributed by atoms with Gasteiger partial charge in [0.2, 0.25) is 0 Å². The normalized spacial score (nSPS) is 15.1. The lowest BCUT2D eigenvalue weighted by molar-refractivity contribution is -0.137. The third-order valence-electron chi connectivity index (χ3n) is 4.26. The second kappa shape index (κ2) is 7.26. The predicted molar refractivity (Wildman–Crippen MR) is 87.0 cm³/mol. The Kier molecular flexibility index (Phi) is 5.09. The predicted octanol–water partition coefficient (Wildman–Crippen LogP) is 4.53. The molecular weight excluding hydrogens is 315 g/mol. The van der Waals surface area contributed by atoms with Gasteiger partial charge in [0.1, 0.15) is 5.75 Å². The first kappa shape index (κ1) is 16.8. The summed E-state index contributed by atoms with van der Waals surface area (Å²) in [6.07, 6.45) is -2.50. The Morgan fingerprint density at radius 3 is 2.58 bits per heavy atom. The number of fused-ring (bicyclic) bond motifs is 1. The lowest BCUT2D eigenvalue weighted by Crippen LogP contribution is -2.31. The van der Waals surface area contributed by atoms with E-state index < -0.39 is 11.7 Å². The SMILES string of the molecule is FC(F)(F)c1cccc(OCCCN2CCc3ccccc3C2)c1. The van der Waals surface area contributed by atoms with Crippen LogP contribution in [0.15, 0.2) is 48.5 Å². The van der Waals surface area contributed by atoms with E-state index in [1.165, 1.54) is 17.2 Å². The van der Waals surface area contributed by atoms with Gasteiger partial charge in [-0.15, -0.1) is 0 Å². The molecule has 1 heterocycles. The number of hydrogen-bond donors (Lipinski definition) is 0. The van der Waals surface area contributed by atoms with E-state index in [2.05, 4.69) is 29.2 Å². The second-order valence-corrected chi connectivity index (χ2v) is 6.02. The average Bonchev–Trinajstić information content (AvgIpc) is 2.58. The Bertz CT molecular complexity index is 684. The van der Waals surface area contributed by atoms with E-state index in [4.69, 9.17) is 4.74 Å². The van der Waals surface area contributed by atoms with Crippen LogP contribution in [0.25, 0.3) is 0 Å². The third kappa shape index (κ3) is 4.29. The maximum absolute atomic E-state index is 12.7. The van der Waals surface area contributed by atoms with Gasteiger partial charge in [-0.25, -0.2) is 0 Å². The van der Waals surface area contributed by atoms with Crippen molar-refractivity contribution in [1.29, 1.82) is 0 Å². The van der Waals surface area contributed by atoms with Crippen LogP contribution in [0.2, 0.25) is 0 Å². The third-order valence-corrected chi connectivity index (χ3v) is 4.26. The largest absolute Gasteiger partial charge is 0.494 e. The summed E-state index contributed by atoms with van der Waals surface area (Å²) < 4.78 is 43.4.